The number of halogens is 3. The van der Waals surface area contributed by atoms with Crippen LogP contribution < -0.4 is 10.5 Å². The number of hydrogen-bond acceptors (Lipinski definition) is 3. The zero-order chi connectivity index (χ0) is 13.3. The Morgan fingerprint density at radius 1 is 1.28 bits per heavy atom. The summed E-state index contributed by atoms with van der Waals surface area (Å²) in [5.74, 6) is -0.258. The molecule has 0 saturated heterocycles. The molecule has 0 fully saturated rings. The molecule has 7 heteroatoms. The maximum atomic E-state index is 12.8. The number of hydrogen-bond donors (Lipinski definition) is 2. The van der Waals surface area contributed by atoms with Crippen molar-refractivity contribution in [2.24, 2.45) is 0 Å². The number of ether oxygens (including phenoxy) is 1. The molecule has 1 aromatic heterocycles. The maximum Gasteiger partial charge on any atom is 0.420 e. The van der Waals surface area contributed by atoms with Crippen LogP contribution in [0.2, 0.25) is 0 Å². The molecule has 0 atom stereocenters. The second kappa shape index (κ2) is 4.25. The molecule has 1 aromatic carbocycles. The highest BCUT2D eigenvalue weighted by Crippen LogP contribution is 2.38. The summed E-state index contributed by atoms with van der Waals surface area (Å²) in [6.07, 6.45) is -4.53. The molecule has 0 aliphatic carbocycles. The molecule has 18 heavy (non-hydrogen) atoms. The van der Waals surface area contributed by atoms with Gasteiger partial charge in [0.25, 0.3) is 0 Å². The number of nitrogens with one attached hydrogen (secondary N) is 1. The smallest absolute Gasteiger partial charge is 0.420 e. The lowest BCUT2D eigenvalue weighted by Gasteiger charge is -2.12. The molecule has 0 amide bonds. The van der Waals surface area contributed by atoms with Crippen molar-refractivity contribution in [3.63, 3.8) is 0 Å². The third kappa shape index (κ3) is 2.55. The number of aromatic amines is 1. The van der Waals surface area contributed by atoms with Crippen molar-refractivity contribution in [2.75, 3.05) is 5.73 Å². The third-order valence-electron chi connectivity index (χ3n) is 2.21. The van der Waals surface area contributed by atoms with Gasteiger partial charge in [0.1, 0.15) is 11.3 Å². The van der Waals surface area contributed by atoms with Gasteiger partial charge in [-0.25, -0.2) is 0 Å². The van der Waals surface area contributed by atoms with E-state index in [2.05, 4.69) is 10.2 Å². The van der Waals surface area contributed by atoms with Crippen LogP contribution >= 0.6 is 0 Å². The molecule has 0 unspecified atom stereocenters. The molecular weight excluding hydrogens is 247 g/mol. The summed E-state index contributed by atoms with van der Waals surface area (Å²) in [4.78, 5) is 0. The lowest BCUT2D eigenvalue weighted by Crippen LogP contribution is -2.08. The lowest BCUT2D eigenvalue weighted by atomic mass is 10.1. The molecule has 0 bridgehead atoms. The van der Waals surface area contributed by atoms with E-state index in [1.807, 2.05) is 0 Å². The van der Waals surface area contributed by atoms with Gasteiger partial charge in [0.2, 0.25) is 5.88 Å². The zero-order valence-electron chi connectivity index (χ0n) is 9.38. The van der Waals surface area contributed by atoms with E-state index in [0.717, 1.165) is 6.07 Å². The summed E-state index contributed by atoms with van der Waals surface area (Å²) in [5, 5.41) is 6.29. The van der Waals surface area contributed by atoms with Crippen LogP contribution in [0.3, 0.4) is 0 Å². The van der Waals surface area contributed by atoms with E-state index in [0.29, 0.717) is 5.69 Å². The standard InChI is InChI=1S/C11H10F3N3O/c1-6-4-10(17-16-6)18-9-3-2-7(15)5-8(9)11(12,13)14/h2-5H,15H2,1H3,(H,16,17). The van der Waals surface area contributed by atoms with E-state index in [-0.39, 0.29) is 17.3 Å². The Morgan fingerprint density at radius 3 is 2.56 bits per heavy atom. The van der Waals surface area contributed by atoms with Crippen LogP contribution in [0, 0.1) is 6.92 Å². The van der Waals surface area contributed by atoms with Gasteiger partial charge in [-0.1, -0.05) is 0 Å². The molecule has 4 nitrogen and oxygen atoms in total. The molecule has 96 valence electrons. The number of rotatable bonds is 2. The quantitative estimate of drug-likeness (QED) is 0.812. The van der Waals surface area contributed by atoms with Crippen molar-refractivity contribution in [2.45, 2.75) is 13.1 Å². The molecule has 0 saturated carbocycles. The van der Waals surface area contributed by atoms with Crippen LogP contribution in [0.15, 0.2) is 24.3 Å². The molecule has 0 radical (unpaired) electrons. The molecule has 2 rings (SSSR count). The van der Waals surface area contributed by atoms with E-state index in [1.165, 1.54) is 18.2 Å². The van der Waals surface area contributed by atoms with Crippen molar-refractivity contribution in [3.05, 3.63) is 35.5 Å². The first-order valence-corrected chi connectivity index (χ1v) is 5.03. The van der Waals surface area contributed by atoms with E-state index in [1.54, 1.807) is 6.92 Å². The van der Waals surface area contributed by atoms with Gasteiger partial charge in [0.05, 0.1) is 0 Å². The van der Waals surface area contributed by atoms with E-state index < -0.39 is 11.7 Å². The first kappa shape index (κ1) is 12.3. The largest absolute Gasteiger partial charge is 0.437 e. The van der Waals surface area contributed by atoms with Gasteiger partial charge < -0.3 is 10.5 Å². The Bertz CT molecular complexity index is 563. The van der Waals surface area contributed by atoms with Gasteiger partial charge in [-0.15, -0.1) is 5.10 Å². The van der Waals surface area contributed by atoms with Gasteiger partial charge in [0.15, 0.2) is 0 Å². The summed E-state index contributed by atoms with van der Waals surface area (Å²) < 4.78 is 43.4. The Labute approximate surface area is 101 Å². The average Bonchev–Trinajstić information content (AvgIpc) is 2.65. The predicted octanol–water partition coefficient (Wildman–Crippen LogP) is 3.11. The minimum atomic E-state index is -4.53. The van der Waals surface area contributed by atoms with Crippen LogP contribution in [-0.2, 0) is 6.18 Å². The monoisotopic (exact) mass is 257 g/mol. The number of aryl methyl sites for hydroxylation is 1. The fraction of sp³-hybridized carbons (Fsp3) is 0.182. The molecule has 0 spiro atoms. The van der Waals surface area contributed by atoms with Crippen LogP contribution in [0.1, 0.15) is 11.3 Å². The first-order chi connectivity index (χ1) is 8.36. The topological polar surface area (TPSA) is 63.9 Å². The van der Waals surface area contributed by atoms with Crippen molar-refractivity contribution < 1.29 is 17.9 Å². The number of H-pyrrole nitrogens is 1. The van der Waals surface area contributed by atoms with E-state index >= 15 is 0 Å². The van der Waals surface area contributed by atoms with Crippen molar-refractivity contribution >= 4 is 5.69 Å². The van der Waals surface area contributed by atoms with Crippen molar-refractivity contribution in [1.82, 2.24) is 10.2 Å². The summed E-state index contributed by atoms with van der Waals surface area (Å²) in [5.41, 5.74) is 5.13. The van der Waals surface area contributed by atoms with Gasteiger partial charge >= 0.3 is 6.18 Å². The molecule has 3 N–H and O–H groups in total. The molecule has 2 aromatic rings. The second-order valence-electron chi connectivity index (χ2n) is 3.74. The highest BCUT2D eigenvalue weighted by Gasteiger charge is 2.35. The summed E-state index contributed by atoms with van der Waals surface area (Å²) in [6, 6.07) is 4.83. The fourth-order valence-electron chi connectivity index (χ4n) is 1.42. The molecular formula is C11H10F3N3O. The normalized spacial score (nSPS) is 11.6. The van der Waals surface area contributed by atoms with Gasteiger partial charge in [-0.3, -0.25) is 5.10 Å². The Morgan fingerprint density at radius 2 is 2.00 bits per heavy atom. The number of alkyl halides is 3. The Kier molecular flexibility index (Phi) is 2.90. The van der Waals surface area contributed by atoms with E-state index in [4.69, 9.17) is 10.5 Å². The highest BCUT2D eigenvalue weighted by molar-refractivity contribution is 5.50. The zero-order valence-corrected chi connectivity index (χ0v) is 9.38. The number of nitrogens with two attached hydrogens (primary N) is 1. The Balaban J connectivity index is 2.38. The van der Waals surface area contributed by atoms with Gasteiger partial charge in [0, 0.05) is 17.4 Å². The number of anilines is 1. The predicted molar refractivity (Wildman–Crippen MR) is 59.3 cm³/mol. The fourth-order valence-corrected chi connectivity index (χ4v) is 1.42. The van der Waals surface area contributed by atoms with Crippen LogP contribution in [-0.4, -0.2) is 10.2 Å². The van der Waals surface area contributed by atoms with Crippen LogP contribution in [0.5, 0.6) is 11.6 Å². The number of nitrogen functional groups attached to an aromatic ring is 1. The summed E-state index contributed by atoms with van der Waals surface area (Å²) in [6.45, 7) is 1.72. The van der Waals surface area contributed by atoms with Crippen LogP contribution in [0.4, 0.5) is 18.9 Å². The third-order valence-corrected chi connectivity index (χ3v) is 2.21. The number of aromatic nitrogens is 2. The second-order valence-corrected chi connectivity index (χ2v) is 3.74. The summed E-state index contributed by atoms with van der Waals surface area (Å²) >= 11 is 0. The minimum Gasteiger partial charge on any atom is -0.437 e. The molecule has 1 heterocycles. The molecule has 0 aliphatic rings. The van der Waals surface area contributed by atoms with Crippen LogP contribution in [0.25, 0.3) is 0 Å². The average molecular weight is 257 g/mol. The first-order valence-electron chi connectivity index (χ1n) is 5.03. The number of nitrogens with zero attached hydrogens (tertiary/aromatic N) is 1. The van der Waals surface area contributed by atoms with Crippen molar-refractivity contribution in [1.29, 1.82) is 0 Å². The lowest BCUT2D eigenvalue weighted by molar-refractivity contribution is -0.138. The summed E-state index contributed by atoms with van der Waals surface area (Å²) in [7, 11) is 0. The maximum absolute atomic E-state index is 12.8. The van der Waals surface area contributed by atoms with Crippen molar-refractivity contribution in [3.8, 4) is 11.6 Å². The Hall–Kier alpha value is -2.18. The highest BCUT2D eigenvalue weighted by atomic mass is 19.4. The molecule has 0 aliphatic heterocycles. The van der Waals surface area contributed by atoms with Gasteiger partial charge in [-0.05, 0) is 25.1 Å². The van der Waals surface area contributed by atoms with E-state index in [9.17, 15) is 13.2 Å². The SMILES string of the molecule is Cc1cc(Oc2ccc(N)cc2C(F)(F)F)n[nH]1. The van der Waals surface area contributed by atoms with Gasteiger partial charge in [-0.2, -0.15) is 13.2 Å². The number of benzene rings is 1. The minimum absolute atomic E-state index is 0.0212.